The average molecular weight is 506 g/mol. The number of hydrogen-bond donors (Lipinski definition) is 0. The second-order valence-electron chi connectivity index (χ2n) is 10.2. The number of piperidine rings is 1. The molecule has 1 saturated heterocycles. The molecule has 38 heavy (non-hydrogen) atoms. The fourth-order valence-electron chi connectivity index (χ4n) is 5.04. The van der Waals surface area contributed by atoms with Crippen LogP contribution in [0.25, 0.3) is 22.3 Å². The summed E-state index contributed by atoms with van der Waals surface area (Å²) < 4.78 is 11.8. The van der Waals surface area contributed by atoms with Crippen molar-refractivity contribution in [2.24, 2.45) is 0 Å². The van der Waals surface area contributed by atoms with E-state index in [1.165, 1.54) is 5.56 Å². The maximum absolute atomic E-state index is 13.2. The van der Waals surface area contributed by atoms with Crippen LogP contribution in [0.4, 0.5) is 0 Å². The van der Waals surface area contributed by atoms with Crippen LogP contribution in [0.3, 0.4) is 0 Å². The van der Waals surface area contributed by atoms with Crippen LogP contribution in [-0.2, 0) is 6.42 Å². The molecule has 4 nitrogen and oxygen atoms in total. The topological polar surface area (TPSA) is 38.8 Å². The van der Waals surface area contributed by atoms with Crippen LogP contribution < -0.4 is 9.47 Å². The van der Waals surface area contributed by atoms with Crippen molar-refractivity contribution in [1.82, 2.24) is 4.90 Å². The van der Waals surface area contributed by atoms with E-state index in [0.29, 0.717) is 18.1 Å². The van der Waals surface area contributed by atoms with Crippen molar-refractivity contribution in [3.8, 4) is 33.8 Å². The first-order chi connectivity index (χ1) is 18.5. The molecule has 0 radical (unpaired) electrons. The standard InChI is InChI=1S/C34H35NO3/c1-24-5-4-6-28(21-24)32-23-29(13-16-34(32)37-3)33(36)22-25-7-9-26(10-8-25)27-11-14-30(15-12-27)38-31-17-19-35(2)20-18-31/h4-16,21,23,31H,17-20,22H2,1-3H3. The Morgan fingerprint density at radius 3 is 2.18 bits per heavy atom. The third kappa shape index (κ3) is 6.15. The molecule has 4 aromatic rings. The molecule has 0 spiro atoms. The van der Waals surface area contributed by atoms with Gasteiger partial charge in [0.15, 0.2) is 5.78 Å². The second-order valence-corrected chi connectivity index (χ2v) is 10.2. The number of Topliss-reactive ketones (excluding diaryl/α,β-unsaturated/α-hetero) is 1. The summed E-state index contributed by atoms with van der Waals surface area (Å²) in [4.78, 5) is 15.5. The van der Waals surface area contributed by atoms with Crippen molar-refractivity contribution in [1.29, 1.82) is 0 Å². The summed E-state index contributed by atoms with van der Waals surface area (Å²) in [6.45, 7) is 4.24. The first-order valence-corrected chi connectivity index (χ1v) is 13.3. The summed E-state index contributed by atoms with van der Waals surface area (Å²) >= 11 is 0. The molecule has 1 aliphatic heterocycles. The van der Waals surface area contributed by atoms with Crippen LogP contribution in [0, 0.1) is 6.92 Å². The molecule has 1 aliphatic rings. The molecule has 0 saturated carbocycles. The van der Waals surface area contributed by atoms with E-state index in [1.54, 1.807) is 7.11 Å². The van der Waals surface area contributed by atoms with Gasteiger partial charge in [0.1, 0.15) is 17.6 Å². The van der Waals surface area contributed by atoms with E-state index in [1.807, 2.05) is 42.5 Å². The zero-order valence-corrected chi connectivity index (χ0v) is 22.4. The lowest BCUT2D eigenvalue weighted by Gasteiger charge is -2.29. The van der Waals surface area contributed by atoms with E-state index in [4.69, 9.17) is 9.47 Å². The normalized spacial score (nSPS) is 14.3. The maximum Gasteiger partial charge on any atom is 0.167 e. The van der Waals surface area contributed by atoms with Gasteiger partial charge in [0.2, 0.25) is 0 Å². The van der Waals surface area contributed by atoms with Crippen molar-refractivity contribution >= 4 is 5.78 Å². The number of ketones is 1. The van der Waals surface area contributed by atoms with Crippen LogP contribution in [0.2, 0.25) is 0 Å². The molecule has 1 fully saturated rings. The Hall–Kier alpha value is -3.89. The quantitative estimate of drug-likeness (QED) is 0.237. The van der Waals surface area contributed by atoms with Crippen LogP contribution in [0.1, 0.15) is 34.3 Å². The largest absolute Gasteiger partial charge is 0.496 e. The monoisotopic (exact) mass is 505 g/mol. The Bertz CT molecular complexity index is 1380. The molecule has 4 heteroatoms. The van der Waals surface area contributed by atoms with Gasteiger partial charge in [-0.25, -0.2) is 0 Å². The lowest BCUT2D eigenvalue weighted by Crippen LogP contribution is -2.35. The van der Waals surface area contributed by atoms with E-state index in [9.17, 15) is 4.79 Å². The lowest BCUT2D eigenvalue weighted by atomic mass is 9.96. The van der Waals surface area contributed by atoms with Gasteiger partial charge >= 0.3 is 0 Å². The number of aryl methyl sites for hydroxylation is 1. The van der Waals surface area contributed by atoms with Crippen LogP contribution in [0.15, 0.2) is 91.0 Å². The van der Waals surface area contributed by atoms with Crippen LogP contribution in [-0.4, -0.2) is 44.0 Å². The molecule has 0 atom stereocenters. The van der Waals surface area contributed by atoms with Gasteiger partial charge in [-0.15, -0.1) is 0 Å². The minimum absolute atomic E-state index is 0.0877. The zero-order chi connectivity index (χ0) is 26.5. The number of likely N-dealkylation sites (tertiary alicyclic amines) is 1. The number of carbonyl (C=O) groups excluding carboxylic acids is 1. The van der Waals surface area contributed by atoms with Gasteiger partial charge in [-0.1, -0.05) is 66.2 Å². The van der Waals surface area contributed by atoms with Gasteiger partial charge in [-0.05, 0) is 79.4 Å². The highest BCUT2D eigenvalue weighted by Crippen LogP contribution is 2.32. The summed E-state index contributed by atoms with van der Waals surface area (Å²) in [5.74, 6) is 1.78. The molecular formula is C34H35NO3. The van der Waals surface area contributed by atoms with Crippen molar-refractivity contribution < 1.29 is 14.3 Å². The molecule has 1 heterocycles. The van der Waals surface area contributed by atoms with Crippen molar-refractivity contribution in [3.05, 3.63) is 108 Å². The minimum atomic E-state index is 0.0877. The Balaban J connectivity index is 1.25. The van der Waals surface area contributed by atoms with E-state index in [0.717, 1.165) is 65.2 Å². The molecular weight excluding hydrogens is 470 g/mol. The van der Waals surface area contributed by atoms with E-state index >= 15 is 0 Å². The third-order valence-electron chi connectivity index (χ3n) is 7.33. The zero-order valence-electron chi connectivity index (χ0n) is 22.4. The smallest absolute Gasteiger partial charge is 0.167 e. The van der Waals surface area contributed by atoms with Gasteiger partial charge in [0, 0.05) is 30.6 Å². The highest BCUT2D eigenvalue weighted by Gasteiger charge is 2.18. The lowest BCUT2D eigenvalue weighted by molar-refractivity contribution is 0.0993. The Morgan fingerprint density at radius 1 is 0.842 bits per heavy atom. The number of hydrogen-bond acceptors (Lipinski definition) is 4. The first-order valence-electron chi connectivity index (χ1n) is 13.3. The van der Waals surface area contributed by atoms with Gasteiger partial charge < -0.3 is 14.4 Å². The van der Waals surface area contributed by atoms with Crippen molar-refractivity contribution in [3.63, 3.8) is 0 Å². The number of ether oxygens (including phenoxy) is 2. The van der Waals surface area contributed by atoms with Gasteiger partial charge in [0.25, 0.3) is 0 Å². The van der Waals surface area contributed by atoms with Crippen molar-refractivity contribution in [2.45, 2.75) is 32.3 Å². The minimum Gasteiger partial charge on any atom is -0.496 e. The second kappa shape index (κ2) is 11.7. The number of rotatable bonds is 8. The maximum atomic E-state index is 13.2. The fourth-order valence-corrected chi connectivity index (χ4v) is 5.04. The van der Waals surface area contributed by atoms with Crippen LogP contribution >= 0.6 is 0 Å². The highest BCUT2D eigenvalue weighted by molar-refractivity contribution is 5.99. The fraction of sp³-hybridized carbons (Fsp3) is 0.265. The summed E-state index contributed by atoms with van der Waals surface area (Å²) in [7, 11) is 3.82. The van der Waals surface area contributed by atoms with Gasteiger partial charge in [0.05, 0.1) is 7.11 Å². The Labute approximate surface area is 225 Å². The average Bonchev–Trinajstić information content (AvgIpc) is 2.95. The van der Waals surface area contributed by atoms with Gasteiger partial charge in [-0.2, -0.15) is 0 Å². The molecule has 0 aliphatic carbocycles. The summed E-state index contributed by atoms with van der Waals surface area (Å²) in [6.07, 6.45) is 2.79. The molecule has 4 aromatic carbocycles. The number of methoxy groups -OCH3 is 1. The predicted molar refractivity (Wildman–Crippen MR) is 154 cm³/mol. The SMILES string of the molecule is COc1ccc(C(=O)Cc2ccc(-c3ccc(OC4CCN(C)CC4)cc3)cc2)cc1-c1cccc(C)c1. The Morgan fingerprint density at radius 2 is 1.53 bits per heavy atom. The molecule has 0 bridgehead atoms. The molecule has 0 unspecified atom stereocenters. The molecule has 194 valence electrons. The molecule has 5 rings (SSSR count). The third-order valence-corrected chi connectivity index (χ3v) is 7.33. The molecule has 0 amide bonds. The summed E-state index contributed by atoms with van der Waals surface area (Å²) in [5.41, 5.74) is 7.08. The molecule has 0 N–H and O–H groups in total. The summed E-state index contributed by atoms with van der Waals surface area (Å²) in [6, 6.07) is 30.5. The number of carbonyl (C=O) groups is 1. The Kier molecular flexibility index (Phi) is 7.90. The number of nitrogens with zero attached hydrogens (tertiary/aromatic N) is 1. The first kappa shape index (κ1) is 25.7. The van der Waals surface area contributed by atoms with Gasteiger partial charge in [-0.3, -0.25) is 4.79 Å². The van der Waals surface area contributed by atoms with Crippen LogP contribution in [0.5, 0.6) is 11.5 Å². The highest BCUT2D eigenvalue weighted by atomic mass is 16.5. The predicted octanol–water partition coefficient (Wildman–Crippen LogP) is 7.24. The van der Waals surface area contributed by atoms with E-state index in [-0.39, 0.29) is 5.78 Å². The van der Waals surface area contributed by atoms with E-state index < -0.39 is 0 Å². The van der Waals surface area contributed by atoms with E-state index in [2.05, 4.69) is 67.4 Å². The number of benzene rings is 4. The molecule has 0 aromatic heterocycles. The summed E-state index contributed by atoms with van der Waals surface area (Å²) in [5, 5.41) is 0. The van der Waals surface area contributed by atoms with Crippen molar-refractivity contribution in [2.75, 3.05) is 27.2 Å².